The van der Waals surface area contributed by atoms with Gasteiger partial charge in [0.25, 0.3) is 0 Å². The van der Waals surface area contributed by atoms with Gasteiger partial charge >= 0.3 is 0 Å². The van der Waals surface area contributed by atoms with Crippen LogP contribution in [0.3, 0.4) is 0 Å². The van der Waals surface area contributed by atoms with Crippen molar-refractivity contribution < 1.29 is 50.1 Å². The summed E-state index contributed by atoms with van der Waals surface area (Å²) in [5.74, 6) is -0.0625. The van der Waals surface area contributed by atoms with E-state index < -0.39 is 0 Å². The molecular weight excluding hydrogens is 1120 g/mol. The molecular formula is C51H64Ir2N4O2S-2. The Morgan fingerprint density at radius 1 is 0.667 bits per heavy atom. The molecule has 4 aromatic carbocycles. The van der Waals surface area contributed by atoms with Crippen molar-refractivity contribution in [2.45, 2.75) is 121 Å². The molecule has 2 heterocycles. The number of allylic oxidation sites excluding steroid dienone is 2. The Kier molecular flexibility index (Phi) is 38.8. The number of nitrogens with zero attached hydrogens (tertiary/aromatic N) is 4. The molecule has 0 atom stereocenters. The number of thiazole rings is 1. The third kappa shape index (κ3) is 26.7. The van der Waals surface area contributed by atoms with Gasteiger partial charge in [-0.1, -0.05) is 173 Å². The third-order valence-corrected chi connectivity index (χ3v) is 8.76. The standard InChI is InChI=1S/C16H9N2.C14H7N2S.C5H8O2.4C4H10.2Ir/c1-17-15-8-6-12(7-9-15)16-10-13-4-2-3-5-14(13)11-18-16;1-15-11-8-6-10(7-9-11)14-16-12-4-2-3-5-13(12)17-14;1-4(6)3-5(2)7;4*1-3-4-2;;/h2-6,8-11H;2-6,8-9H;3,6H,1-2H3;4*3-4H2,1-2H3;;/q2*-1;;;;;;;. The zero-order valence-corrected chi connectivity index (χ0v) is 42.8. The van der Waals surface area contributed by atoms with E-state index in [1.54, 1.807) is 35.6 Å². The molecule has 6 aromatic rings. The number of hydrogen-bond donors (Lipinski definition) is 1. The molecule has 326 valence electrons. The number of hydrogen-bond acceptors (Lipinski definition) is 5. The van der Waals surface area contributed by atoms with Gasteiger partial charge in [0.2, 0.25) is 11.4 Å². The molecule has 0 bridgehead atoms. The van der Waals surface area contributed by atoms with E-state index in [2.05, 4.69) is 99.3 Å². The fourth-order valence-corrected chi connectivity index (χ4v) is 4.73. The van der Waals surface area contributed by atoms with Gasteiger partial charge in [-0.05, 0) is 42.4 Å². The normalized spacial score (nSPS) is 9.30. The molecule has 0 saturated heterocycles. The van der Waals surface area contributed by atoms with Crippen LogP contribution in [0.2, 0.25) is 0 Å². The van der Waals surface area contributed by atoms with Crippen molar-refractivity contribution in [2.24, 2.45) is 0 Å². The van der Waals surface area contributed by atoms with Crippen molar-refractivity contribution in [2.75, 3.05) is 0 Å². The maximum Gasteiger partial charge on any atom is 0.235 e. The van der Waals surface area contributed by atoms with E-state index in [0.29, 0.717) is 11.4 Å². The van der Waals surface area contributed by atoms with Crippen molar-refractivity contribution in [3.8, 4) is 21.8 Å². The molecule has 60 heavy (non-hydrogen) atoms. The molecule has 2 radical (unpaired) electrons. The van der Waals surface area contributed by atoms with Gasteiger partial charge in [0.15, 0.2) is 5.78 Å². The molecule has 0 aliphatic carbocycles. The number of aromatic nitrogens is 2. The summed E-state index contributed by atoms with van der Waals surface area (Å²) in [6, 6.07) is 35.2. The van der Waals surface area contributed by atoms with E-state index in [1.807, 2.05) is 60.8 Å². The molecule has 6 nitrogen and oxygen atoms in total. The maximum absolute atomic E-state index is 10.0. The Balaban J connectivity index is -0.000000710. The summed E-state index contributed by atoms with van der Waals surface area (Å²) in [5.41, 5.74) is 4.95. The Hall–Kier alpha value is -4.33. The molecule has 6 rings (SSSR count). The number of carbonyl (C=O) groups is 1. The van der Waals surface area contributed by atoms with Gasteiger partial charge in [0.05, 0.1) is 11.3 Å². The van der Waals surface area contributed by atoms with Gasteiger partial charge in [-0.2, -0.15) is 21.0 Å². The van der Waals surface area contributed by atoms with Gasteiger partial charge in [-0.25, -0.2) is 0 Å². The minimum absolute atomic E-state index is 0. The maximum atomic E-state index is 10.0. The molecule has 9 heteroatoms. The van der Waals surface area contributed by atoms with E-state index in [-0.39, 0.29) is 51.8 Å². The molecule has 1 N–H and O–H groups in total. The van der Waals surface area contributed by atoms with E-state index in [4.69, 9.17) is 18.3 Å². The number of fused-ring (bicyclic) bond motifs is 2. The van der Waals surface area contributed by atoms with E-state index in [1.165, 1.54) is 76.0 Å². The van der Waals surface area contributed by atoms with Crippen LogP contribution in [-0.2, 0) is 45.0 Å². The van der Waals surface area contributed by atoms with Gasteiger partial charge in [-0.3, -0.25) is 9.78 Å². The smallest absolute Gasteiger partial charge is 0.235 e. The second-order valence-electron chi connectivity index (χ2n) is 12.9. The summed E-state index contributed by atoms with van der Waals surface area (Å²) in [4.78, 5) is 25.7. The van der Waals surface area contributed by atoms with Crippen LogP contribution in [-0.4, -0.2) is 20.9 Å². The molecule has 0 fully saturated rings. The number of benzene rings is 4. The van der Waals surface area contributed by atoms with Crippen LogP contribution >= 0.6 is 11.3 Å². The Morgan fingerprint density at radius 3 is 1.50 bits per heavy atom. The van der Waals surface area contributed by atoms with Crippen LogP contribution in [0.1, 0.15) is 121 Å². The average molecular weight is 1180 g/mol. The summed E-state index contributed by atoms with van der Waals surface area (Å²) >= 11 is 1.64. The first kappa shape index (κ1) is 60.0. The molecule has 0 saturated carbocycles. The number of carbonyl (C=O) groups excluding carboxylic acids is 1. The van der Waals surface area contributed by atoms with Crippen molar-refractivity contribution in [1.82, 2.24) is 9.97 Å². The van der Waals surface area contributed by atoms with Crippen LogP contribution in [0.25, 0.3) is 52.5 Å². The van der Waals surface area contributed by atoms with E-state index >= 15 is 0 Å². The first-order chi connectivity index (χ1) is 28.0. The molecule has 0 unspecified atom stereocenters. The topological polar surface area (TPSA) is 71.8 Å². The summed E-state index contributed by atoms with van der Waals surface area (Å²) < 4.78 is 1.17. The number of aliphatic hydroxyl groups is 1. The Labute approximate surface area is 393 Å². The fourth-order valence-electron chi connectivity index (χ4n) is 3.78. The first-order valence-electron chi connectivity index (χ1n) is 20.4. The second-order valence-corrected chi connectivity index (χ2v) is 14.0. The van der Waals surface area contributed by atoms with E-state index in [9.17, 15) is 4.79 Å². The number of pyridine rings is 1. The van der Waals surface area contributed by atoms with Crippen molar-refractivity contribution in [3.05, 3.63) is 144 Å². The number of aliphatic hydroxyl groups excluding tert-OH is 1. The Morgan fingerprint density at radius 2 is 1.12 bits per heavy atom. The number of para-hydroxylation sites is 1. The van der Waals surface area contributed by atoms with Crippen LogP contribution in [0.4, 0.5) is 11.4 Å². The van der Waals surface area contributed by atoms with Crippen LogP contribution in [0, 0.1) is 25.3 Å². The van der Waals surface area contributed by atoms with Crippen molar-refractivity contribution in [1.29, 1.82) is 0 Å². The van der Waals surface area contributed by atoms with E-state index in [0.717, 1.165) is 38.1 Å². The quantitative estimate of drug-likeness (QED) is 0.0982. The molecule has 0 amide bonds. The molecule has 0 aliphatic heterocycles. The van der Waals surface area contributed by atoms with Gasteiger partial charge in [0, 0.05) is 62.2 Å². The molecule has 0 spiro atoms. The minimum Gasteiger partial charge on any atom is -0.512 e. The van der Waals surface area contributed by atoms with Gasteiger partial charge in [0.1, 0.15) is 13.1 Å². The summed E-state index contributed by atoms with van der Waals surface area (Å²) in [7, 11) is 0. The summed E-state index contributed by atoms with van der Waals surface area (Å²) in [6.45, 7) is 34.1. The largest absolute Gasteiger partial charge is 0.512 e. The predicted molar refractivity (Wildman–Crippen MR) is 252 cm³/mol. The number of ketones is 1. The zero-order chi connectivity index (χ0) is 43.6. The average Bonchev–Trinajstić information content (AvgIpc) is 3.71. The van der Waals surface area contributed by atoms with Crippen LogP contribution < -0.4 is 0 Å². The van der Waals surface area contributed by atoms with Crippen LogP contribution in [0.5, 0.6) is 0 Å². The number of rotatable bonds is 7. The molecule has 2 aromatic heterocycles. The van der Waals surface area contributed by atoms with Crippen LogP contribution in [0.15, 0.2) is 109 Å². The minimum atomic E-state index is -0.125. The van der Waals surface area contributed by atoms with Crippen molar-refractivity contribution in [3.63, 3.8) is 0 Å². The number of unbranched alkanes of at least 4 members (excludes halogenated alkanes) is 4. The SMILES string of the molecule is CC(=O)C=C(C)O.CCCC.CCCC.CCCC.CCCC.[C-]#[N+]c1c[c-]c(-c2cc3ccccc3cn2)cc1.[C-]#[N+]c1c[c-]c(-c2nc3ccccc3s2)cc1.[Ir].[Ir]. The third-order valence-electron chi connectivity index (χ3n) is 7.69. The fraction of sp³-hybridized carbons (Fsp3) is 0.353. The van der Waals surface area contributed by atoms with Gasteiger partial charge < -0.3 is 10.1 Å². The van der Waals surface area contributed by atoms with Gasteiger partial charge in [-0.15, -0.1) is 35.4 Å². The molecule has 0 aliphatic rings. The monoisotopic (exact) mass is 1180 g/mol. The second kappa shape index (κ2) is 38.8. The predicted octanol–water partition coefficient (Wildman–Crippen LogP) is 16.8. The zero-order valence-electron chi connectivity index (χ0n) is 37.2. The first-order valence-corrected chi connectivity index (χ1v) is 21.2. The summed E-state index contributed by atoms with van der Waals surface area (Å²) in [5, 5.41) is 11.6. The van der Waals surface area contributed by atoms with Crippen molar-refractivity contribution >= 4 is 49.5 Å². The Bertz CT molecular complexity index is 2040. The summed E-state index contributed by atoms with van der Waals surface area (Å²) in [6.07, 6.45) is 13.6.